The molecule has 21 heavy (non-hydrogen) atoms. The van der Waals surface area contributed by atoms with Crippen molar-refractivity contribution in [1.82, 2.24) is 5.32 Å². The first-order chi connectivity index (χ1) is 9.95. The average Bonchev–Trinajstić information content (AvgIpc) is 2.42. The Bertz CT molecular complexity index is 706. The van der Waals surface area contributed by atoms with Crippen LogP contribution in [0.4, 0.5) is 18.9 Å². The predicted octanol–water partition coefficient (Wildman–Crippen LogP) is 3.23. The zero-order valence-electron chi connectivity index (χ0n) is 10.5. The lowest BCUT2D eigenvalue weighted by Crippen LogP contribution is -2.34. The highest BCUT2D eigenvalue weighted by atomic mass is 32.1. The summed E-state index contributed by atoms with van der Waals surface area (Å²) in [7, 11) is 0. The van der Waals surface area contributed by atoms with Crippen molar-refractivity contribution in [2.24, 2.45) is 0 Å². The summed E-state index contributed by atoms with van der Waals surface area (Å²) >= 11 is 4.84. The van der Waals surface area contributed by atoms with Crippen molar-refractivity contribution in [3.8, 4) is 0 Å². The number of carbonyl (C=O) groups excluding carboxylic acids is 1. The first kappa shape index (κ1) is 15.0. The van der Waals surface area contributed by atoms with Crippen LogP contribution in [0, 0.1) is 17.5 Å². The summed E-state index contributed by atoms with van der Waals surface area (Å²) in [5.41, 5.74) is -0.0142. The van der Waals surface area contributed by atoms with Gasteiger partial charge in [0.05, 0.1) is 5.69 Å². The monoisotopic (exact) mass is 310 g/mol. The molecule has 0 spiro atoms. The molecule has 0 aliphatic carbocycles. The van der Waals surface area contributed by atoms with Crippen LogP contribution in [0.15, 0.2) is 42.5 Å². The van der Waals surface area contributed by atoms with E-state index in [1.54, 1.807) is 0 Å². The Balaban J connectivity index is 2.03. The van der Waals surface area contributed by atoms with Gasteiger partial charge >= 0.3 is 0 Å². The van der Waals surface area contributed by atoms with Crippen LogP contribution in [0.5, 0.6) is 0 Å². The molecule has 2 N–H and O–H groups in total. The van der Waals surface area contributed by atoms with Gasteiger partial charge in [0.2, 0.25) is 0 Å². The van der Waals surface area contributed by atoms with E-state index in [0.717, 1.165) is 18.2 Å². The standard InChI is InChI=1S/C14H9F3N2OS/c15-9-3-1-2-8(6-9)13(20)19-14(21)18-12-5-4-10(16)7-11(12)17/h1-7H,(H2,18,19,20,21). The molecule has 0 fully saturated rings. The zero-order chi connectivity index (χ0) is 15.4. The number of benzene rings is 2. The van der Waals surface area contributed by atoms with Crippen molar-refractivity contribution in [2.45, 2.75) is 0 Å². The van der Waals surface area contributed by atoms with Crippen molar-refractivity contribution in [2.75, 3.05) is 5.32 Å². The lowest BCUT2D eigenvalue weighted by Gasteiger charge is -2.10. The number of carbonyl (C=O) groups is 1. The molecular weight excluding hydrogens is 301 g/mol. The molecule has 0 aromatic heterocycles. The van der Waals surface area contributed by atoms with Gasteiger partial charge in [0.15, 0.2) is 5.11 Å². The maximum atomic E-state index is 13.4. The topological polar surface area (TPSA) is 41.1 Å². The van der Waals surface area contributed by atoms with Crippen LogP contribution in [0.25, 0.3) is 0 Å². The predicted molar refractivity (Wildman–Crippen MR) is 76.4 cm³/mol. The van der Waals surface area contributed by atoms with Gasteiger partial charge in [-0.2, -0.15) is 0 Å². The molecule has 2 rings (SSSR count). The van der Waals surface area contributed by atoms with Gasteiger partial charge in [-0.1, -0.05) is 6.07 Å². The van der Waals surface area contributed by atoms with E-state index in [0.29, 0.717) is 6.07 Å². The molecule has 3 nitrogen and oxygen atoms in total. The van der Waals surface area contributed by atoms with Gasteiger partial charge in [-0.15, -0.1) is 0 Å². The van der Waals surface area contributed by atoms with Crippen LogP contribution in [0.2, 0.25) is 0 Å². The zero-order valence-corrected chi connectivity index (χ0v) is 11.3. The van der Waals surface area contributed by atoms with E-state index in [1.807, 2.05) is 0 Å². The minimum atomic E-state index is -0.850. The number of hydrogen-bond donors (Lipinski definition) is 2. The number of nitrogens with one attached hydrogen (secondary N) is 2. The van der Waals surface area contributed by atoms with Crippen LogP contribution >= 0.6 is 12.2 Å². The van der Waals surface area contributed by atoms with E-state index in [-0.39, 0.29) is 16.4 Å². The van der Waals surface area contributed by atoms with Gasteiger partial charge < -0.3 is 5.32 Å². The second-order valence-electron chi connectivity index (χ2n) is 4.04. The third-order valence-electron chi connectivity index (χ3n) is 2.49. The highest BCUT2D eigenvalue weighted by molar-refractivity contribution is 7.80. The molecule has 2 aromatic carbocycles. The highest BCUT2D eigenvalue weighted by Crippen LogP contribution is 2.14. The molecule has 0 aliphatic rings. The summed E-state index contributed by atoms with van der Waals surface area (Å²) in [5, 5.41) is 4.50. The SMILES string of the molecule is O=C(NC(=S)Nc1ccc(F)cc1F)c1cccc(F)c1. The van der Waals surface area contributed by atoms with E-state index in [4.69, 9.17) is 12.2 Å². The second kappa shape index (κ2) is 6.36. The van der Waals surface area contributed by atoms with E-state index >= 15 is 0 Å². The van der Waals surface area contributed by atoms with Crippen molar-refractivity contribution < 1.29 is 18.0 Å². The summed E-state index contributed by atoms with van der Waals surface area (Å²) in [4.78, 5) is 11.8. The molecule has 0 unspecified atom stereocenters. The second-order valence-corrected chi connectivity index (χ2v) is 4.45. The van der Waals surface area contributed by atoms with Crippen LogP contribution in [0.3, 0.4) is 0 Å². The molecule has 7 heteroatoms. The summed E-state index contributed by atoms with van der Waals surface area (Å²) in [6.45, 7) is 0. The molecule has 0 heterocycles. The summed E-state index contributed by atoms with van der Waals surface area (Å²) in [6, 6.07) is 7.88. The van der Waals surface area contributed by atoms with Crippen LogP contribution in [-0.2, 0) is 0 Å². The Kier molecular flexibility index (Phi) is 4.54. The van der Waals surface area contributed by atoms with Crippen molar-refractivity contribution in [1.29, 1.82) is 0 Å². The molecule has 108 valence electrons. The maximum absolute atomic E-state index is 13.4. The summed E-state index contributed by atoms with van der Waals surface area (Å²) in [6.07, 6.45) is 0. The van der Waals surface area contributed by atoms with E-state index in [2.05, 4.69) is 10.6 Å². The lowest BCUT2D eigenvalue weighted by atomic mass is 10.2. The fourth-order valence-electron chi connectivity index (χ4n) is 1.55. The fourth-order valence-corrected chi connectivity index (χ4v) is 1.75. The average molecular weight is 310 g/mol. The van der Waals surface area contributed by atoms with Gasteiger partial charge in [-0.05, 0) is 42.5 Å². The van der Waals surface area contributed by atoms with Crippen LogP contribution in [0.1, 0.15) is 10.4 Å². The Morgan fingerprint density at radius 2 is 1.71 bits per heavy atom. The quantitative estimate of drug-likeness (QED) is 0.837. The van der Waals surface area contributed by atoms with Crippen molar-refractivity contribution >= 4 is 28.9 Å². The lowest BCUT2D eigenvalue weighted by molar-refractivity contribution is 0.0977. The van der Waals surface area contributed by atoms with Crippen molar-refractivity contribution in [3.63, 3.8) is 0 Å². The molecule has 1 amide bonds. The smallest absolute Gasteiger partial charge is 0.257 e. The minimum absolute atomic E-state index is 0.0683. The third kappa shape index (κ3) is 4.03. The van der Waals surface area contributed by atoms with Gasteiger partial charge in [0.25, 0.3) is 5.91 Å². The van der Waals surface area contributed by atoms with E-state index in [9.17, 15) is 18.0 Å². The molecule has 0 bridgehead atoms. The molecule has 0 saturated heterocycles. The Labute approximate surface area is 123 Å². The molecule has 2 aromatic rings. The van der Waals surface area contributed by atoms with Crippen LogP contribution in [-0.4, -0.2) is 11.0 Å². The van der Waals surface area contributed by atoms with Crippen molar-refractivity contribution in [3.05, 3.63) is 65.5 Å². The Hall–Kier alpha value is -2.41. The number of hydrogen-bond acceptors (Lipinski definition) is 2. The van der Waals surface area contributed by atoms with E-state index in [1.165, 1.54) is 18.2 Å². The molecule has 0 atom stereocenters. The number of amides is 1. The summed E-state index contributed by atoms with van der Waals surface area (Å²) in [5.74, 6) is -2.79. The molecular formula is C14H9F3N2OS. The maximum Gasteiger partial charge on any atom is 0.257 e. The number of thiocarbonyl (C=S) groups is 1. The third-order valence-corrected chi connectivity index (χ3v) is 2.70. The Morgan fingerprint density at radius 3 is 2.38 bits per heavy atom. The van der Waals surface area contributed by atoms with Gasteiger partial charge in [0, 0.05) is 11.6 Å². The van der Waals surface area contributed by atoms with Gasteiger partial charge in [0.1, 0.15) is 17.5 Å². The molecule has 0 saturated carbocycles. The first-order valence-electron chi connectivity index (χ1n) is 5.78. The molecule has 0 aliphatic heterocycles. The minimum Gasteiger partial charge on any atom is -0.330 e. The number of halogens is 3. The first-order valence-corrected chi connectivity index (χ1v) is 6.19. The summed E-state index contributed by atoms with van der Waals surface area (Å²) < 4.78 is 39.1. The van der Waals surface area contributed by atoms with Crippen LogP contribution < -0.4 is 10.6 Å². The fraction of sp³-hybridized carbons (Fsp3) is 0. The van der Waals surface area contributed by atoms with E-state index < -0.39 is 23.4 Å². The highest BCUT2D eigenvalue weighted by Gasteiger charge is 2.10. The largest absolute Gasteiger partial charge is 0.330 e. The van der Waals surface area contributed by atoms with Gasteiger partial charge in [-0.25, -0.2) is 13.2 Å². The molecule has 0 radical (unpaired) electrons. The number of anilines is 1. The number of rotatable bonds is 2. The normalized spacial score (nSPS) is 10.0. The van der Waals surface area contributed by atoms with Gasteiger partial charge in [-0.3, -0.25) is 10.1 Å². The Morgan fingerprint density at radius 1 is 1.00 bits per heavy atom.